The van der Waals surface area contributed by atoms with Crippen molar-refractivity contribution in [3.8, 4) is 5.75 Å². The summed E-state index contributed by atoms with van der Waals surface area (Å²) < 4.78 is 27.6. The third-order valence-corrected chi connectivity index (χ3v) is 8.62. The van der Waals surface area contributed by atoms with Gasteiger partial charge in [-0.25, -0.2) is 14.2 Å². The molecule has 10 nitrogen and oxygen atoms in total. The molecule has 0 unspecified atom stereocenters. The van der Waals surface area contributed by atoms with Crippen LogP contribution < -0.4 is 26.0 Å². The molecule has 2 aromatic carbocycles. The number of rotatable bonds is 12. The number of ether oxygens (including phenoxy) is 2. The Kier molecular flexibility index (Phi) is 11.4. The number of amides is 2. The van der Waals surface area contributed by atoms with Gasteiger partial charge in [-0.3, -0.25) is 9.78 Å². The minimum Gasteiger partial charge on any atom is -0.491 e. The Morgan fingerprint density at radius 3 is 2.40 bits per heavy atom. The molecular formula is C39H49FN6O4. The second-order valence-corrected chi connectivity index (χ2v) is 14.3. The lowest BCUT2D eigenvalue weighted by Crippen LogP contribution is -2.50. The molecule has 50 heavy (non-hydrogen) atoms. The number of pyridine rings is 2. The molecule has 5 rings (SSSR count). The van der Waals surface area contributed by atoms with E-state index in [1.807, 2.05) is 89.2 Å². The van der Waals surface area contributed by atoms with Crippen LogP contribution in [0.3, 0.4) is 0 Å². The first-order valence-electron chi connectivity index (χ1n) is 17.5. The quantitative estimate of drug-likeness (QED) is 0.109. The Bertz CT molecular complexity index is 1790. The molecule has 0 spiro atoms. The predicted octanol–water partition coefficient (Wildman–Crippen LogP) is 8.60. The SMILES string of the molecule is CCCCOc1cc(Nc2nc(N[C@@H]3CCCC[C@@H]3NC(=O)OC(C)(C)C)c(F)cc2C(=O)NC(C)(C)c2ccccc2)cc2cccnc12. The molecule has 1 saturated carbocycles. The lowest BCUT2D eigenvalue weighted by atomic mass is 9.90. The summed E-state index contributed by atoms with van der Waals surface area (Å²) in [6.07, 6.45) is 6.25. The first kappa shape index (κ1) is 36.4. The van der Waals surface area contributed by atoms with Gasteiger partial charge in [-0.15, -0.1) is 0 Å². The van der Waals surface area contributed by atoms with Crippen molar-refractivity contribution in [2.45, 2.75) is 103 Å². The molecule has 2 atom stereocenters. The molecule has 4 N–H and O–H groups in total. The molecular weight excluding hydrogens is 635 g/mol. The maximum Gasteiger partial charge on any atom is 0.407 e. The van der Waals surface area contributed by atoms with Crippen LogP contribution in [-0.2, 0) is 10.3 Å². The van der Waals surface area contributed by atoms with Gasteiger partial charge in [0.1, 0.15) is 22.7 Å². The van der Waals surface area contributed by atoms with E-state index in [1.54, 1.807) is 6.20 Å². The highest BCUT2D eigenvalue weighted by Crippen LogP contribution is 2.33. The van der Waals surface area contributed by atoms with Crippen LogP contribution in [0.2, 0.25) is 0 Å². The topological polar surface area (TPSA) is 127 Å². The van der Waals surface area contributed by atoms with Crippen molar-refractivity contribution < 1.29 is 23.5 Å². The molecule has 0 radical (unpaired) electrons. The number of anilines is 3. The van der Waals surface area contributed by atoms with Crippen molar-refractivity contribution in [2.75, 3.05) is 17.2 Å². The van der Waals surface area contributed by atoms with Crippen LogP contribution in [0.4, 0.5) is 26.5 Å². The fourth-order valence-corrected chi connectivity index (χ4v) is 6.05. The lowest BCUT2D eigenvalue weighted by molar-refractivity contribution is 0.0488. The summed E-state index contributed by atoms with van der Waals surface area (Å²) in [7, 11) is 0. The highest BCUT2D eigenvalue weighted by molar-refractivity contribution is 6.00. The molecule has 0 bridgehead atoms. The fraction of sp³-hybridized carbons (Fsp3) is 0.436. The molecule has 0 aliphatic heterocycles. The summed E-state index contributed by atoms with van der Waals surface area (Å²) in [5.74, 6) is -0.468. The summed E-state index contributed by atoms with van der Waals surface area (Å²) in [5, 5.41) is 13.4. The molecule has 2 heterocycles. The van der Waals surface area contributed by atoms with Crippen LogP contribution in [-0.4, -0.2) is 46.3 Å². The number of aromatic nitrogens is 2. The molecule has 1 fully saturated rings. The molecule has 2 aromatic heterocycles. The van der Waals surface area contributed by atoms with Gasteiger partial charge in [-0.05, 0) is 77.6 Å². The number of fused-ring (bicyclic) bond motifs is 1. The molecule has 266 valence electrons. The standard InChI is InChI=1S/C39H49FN6O4/c1-7-8-21-49-32-23-27(22-25-15-14-20-41-33(25)32)42-34-28(36(47)46-39(5,6)26-16-10-9-11-17-26)24-29(40)35(45-34)43-30-18-12-13-19-31(30)44-37(48)50-38(2,3)4/h9-11,14-17,20,22-24,30-31H,7-8,12-13,18-19,21H2,1-6H3,(H,44,48)(H,46,47)(H2,42,43,45)/t30-,31+/m1/s1. The van der Waals surface area contributed by atoms with Crippen molar-refractivity contribution in [1.29, 1.82) is 0 Å². The number of nitrogens with one attached hydrogen (secondary N) is 4. The fourth-order valence-electron chi connectivity index (χ4n) is 6.05. The normalized spacial score (nSPS) is 16.4. The van der Waals surface area contributed by atoms with Gasteiger partial charge in [-0.1, -0.05) is 62.6 Å². The Hall–Kier alpha value is -4.93. The van der Waals surface area contributed by atoms with Gasteiger partial charge in [-0.2, -0.15) is 0 Å². The average molecular weight is 685 g/mol. The maximum absolute atomic E-state index is 16.0. The Balaban J connectivity index is 1.50. The first-order chi connectivity index (χ1) is 23.8. The monoisotopic (exact) mass is 684 g/mol. The van der Waals surface area contributed by atoms with Crippen LogP contribution in [0.1, 0.15) is 96.0 Å². The van der Waals surface area contributed by atoms with Gasteiger partial charge in [0.15, 0.2) is 11.6 Å². The number of hydrogen-bond donors (Lipinski definition) is 4. The maximum atomic E-state index is 16.0. The molecule has 11 heteroatoms. The zero-order valence-electron chi connectivity index (χ0n) is 29.9. The Labute approximate surface area is 294 Å². The first-order valence-corrected chi connectivity index (χ1v) is 17.5. The summed E-state index contributed by atoms with van der Waals surface area (Å²) in [6, 6.07) is 17.7. The van der Waals surface area contributed by atoms with E-state index >= 15 is 4.39 Å². The van der Waals surface area contributed by atoms with Crippen molar-refractivity contribution >= 4 is 40.2 Å². The number of nitrogens with zero attached hydrogens (tertiary/aromatic N) is 2. The van der Waals surface area contributed by atoms with Gasteiger partial charge < -0.3 is 30.7 Å². The molecule has 1 aliphatic rings. The number of hydrogen-bond acceptors (Lipinski definition) is 8. The molecule has 1 aliphatic carbocycles. The minimum absolute atomic E-state index is 0.0314. The second kappa shape index (κ2) is 15.7. The van der Waals surface area contributed by atoms with Gasteiger partial charge in [0.05, 0.1) is 23.8 Å². The highest BCUT2D eigenvalue weighted by atomic mass is 19.1. The van der Waals surface area contributed by atoms with Crippen LogP contribution in [0.5, 0.6) is 5.75 Å². The van der Waals surface area contributed by atoms with Crippen molar-refractivity contribution in [3.63, 3.8) is 0 Å². The van der Waals surface area contributed by atoms with Gasteiger partial charge in [0.2, 0.25) is 0 Å². The number of carbonyl (C=O) groups excluding carboxylic acids is 2. The third kappa shape index (κ3) is 9.40. The summed E-state index contributed by atoms with van der Waals surface area (Å²) in [4.78, 5) is 35.8. The minimum atomic E-state index is -0.763. The van der Waals surface area contributed by atoms with Gasteiger partial charge in [0.25, 0.3) is 5.91 Å². The molecule has 2 amide bonds. The predicted molar refractivity (Wildman–Crippen MR) is 196 cm³/mol. The van der Waals surface area contributed by atoms with E-state index < -0.39 is 29.0 Å². The zero-order valence-corrected chi connectivity index (χ0v) is 29.9. The summed E-state index contributed by atoms with van der Waals surface area (Å²) in [6.45, 7) is 11.8. The van der Waals surface area contributed by atoms with E-state index in [1.165, 1.54) is 6.07 Å². The highest BCUT2D eigenvalue weighted by Gasteiger charge is 2.31. The molecule has 4 aromatic rings. The average Bonchev–Trinajstić information content (AvgIpc) is 3.06. The zero-order chi connectivity index (χ0) is 35.9. The third-order valence-electron chi connectivity index (χ3n) is 8.62. The number of alkyl carbamates (subject to hydrolysis) is 1. The van der Waals surface area contributed by atoms with E-state index in [9.17, 15) is 9.59 Å². The van der Waals surface area contributed by atoms with Gasteiger partial charge >= 0.3 is 6.09 Å². The van der Waals surface area contributed by atoms with Crippen molar-refractivity contribution in [3.05, 3.63) is 83.8 Å². The second-order valence-electron chi connectivity index (χ2n) is 14.3. The lowest BCUT2D eigenvalue weighted by Gasteiger charge is -2.34. The van der Waals surface area contributed by atoms with Crippen LogP contribution in [0.15, 0.2) is 66.9 Å². The van der Waals surface area contributed by atoms with E-state index in [0.717, 1.165) is 36.6 Å². The van der Waals surface area contributed by atoms with Gasteiger partial charge in [0, 0.05) is 29.4 Å². The molecule has 0 saturated heterocycles. The van der Waals surface area contributed by atoms with E-state index in [2.05, 4.69) is 38.2 Å². The van der Waals surface area contributed by atoms with E-state index in [-0.39, 0.29) is 29.3 Å². The van der Waals surface area contributed by atoms with E-state index in [4.69, 9.17) is 9.47 Å². The number of benzene rings is 2. The van der Waals surface area contributed by atoms with Crippen molar-refractivity contribution in [2.24, 2.45) is 0 Å². The van der Waals surface area contributed by atoms with Crippen LogP contribution in [0.25, 0.3) is 10.9 Å². The summed E-state index contributed by atoms with van der Waals surface area (Å²) in [5.41, 5.74) is 0.824. The van der Waals surface area contributed by atoms with Crippen LogP contribution >= 0.6 is 0 Å². The van der Waals surface area contributed by atoms with Crippen molar-refractivity contribution in [1.82, 2.24) is 20.6 Å². The van der Waals surface area contributed by atoms with E-state index in [0.29, 0.717) is 36.4 Å². The Morgan fingerprint density at radius 2 is 1.68 bits per heavy atom. The smallest absolute Gasteiger partial charge is 0.407 e. The number of halogens is 1. The number of carbonyl (C=O) groups is 2. The summed E-state index contributed by atoms with van der Waals surface area (Å²) >= 11 is 0. The largest absolute Gasteiger partial charge is 0.491 e. The Morgan fingerprint density at radius 1 is 0.940 bits per heavy atom. The number of unbranched alkanes of at least 4 members (excludes halogenated alkanes) is 1. The van der Waals surface area contributed by atoms with Crippen LogP contribution in [0, 0.1) is 5.82 Å².